The molecule has 2 fully saturated rings. The number of primary amides is 1. The van der Waals surface area contributed by atoms with E-state index in [1.54, 1.807) is 0 Å². The maximum absolute atomic E-state index is 11.7. The van der Waals surface area contributed by atoms with Crippen LogP contribution in [0.4, 0.5) is 0 Å². The number of fused-ring (bicyclic) bond motifs is 1. The Morgan fingerprint density at radius 3 is 2.71 bits per heavy atom. The molecule has 1 heterocycles. The van der Waals surface area contributed by atoms with Gasteiger partial charge < -0.3 is 16.0 Å². The average Bonchev–Trinajstić information content (AvgIpc) is 2.47. The summed E-state index contributed by atoms with van der Waals surface area (Å²) in [6.45, 7) is 7.12. The van der Waals surface area contributed by atoms with Crippen molar-refractivity contribution in [3.05, 3.63) is 0 Å². The van der Waals surface area contributed by atoms with Crippen LogP contribution < -0.4 is 11.1 Å². The van der Waals surface area contributed by atoms with Crippen LogP contribution in [0.15, 0.2) is 0 Å². The zero-order chi connectivity index (χ0) is 15.3. The fraction of sp³-hybridized carbons (Fsp3) is 0.941. The highest BCUT2D eigenvalue weighted by Crippen LogP contribution is 2.35. The molecule has 4 nitrogen and oxygen atoms in total. The summed E-state index contributed by atoms with van der Waals surface area (Å²) in [5.74, 6) is 0.710. The minimum atomic E-state index is -0.545. The molecule has 0 aromatic carbocycles. The van der Waals surface area contributed by atoms with Crippen LogP contribution >= 0.6 is 0 Å². The van der Waals surface area contributed by atoms with Crippen LogP contribution in [0.5, 0.6) is 0 Å². The van der Waals surface area contributed by atoms with E-state index in [-0.39, 0.29) is 5.91 Å². The number of nitrogens with one attached hydrogen (secondary N) is 1. The minimum Gasteiger partial charge on any atom is -0.368 e. The van der Waals surface area contributed by atoms with E-state index in [4.69, 9.17) is 5.73 Å². The molecule has 1 aliphatic carbocycles. The molecule has 122 valence electrons. The summed E-state index contributed by atoms with van der Waals surface area (Å²) in [5.41, 5.74) is 5.02. The van der Waals surface area contributed by atoms with Gasteiger partial charge in [-0.05, 0) is 71.0 Å². The highest BCUT2D eigenvalue weighted by atomic mass is 16.1. The third-order valence-corrected chi connectivity index (χ3v) is 5.59. The molecule has 0 spiro atoms. The van der Waals surface area contributed by atoms with E-state index in [2.05, 4.69) is 10.2 Å². The number of rotatable bonds is 7. The molecule has 0 radical (unpaired) electrons. The molecule has 1 aliphatic heterocycles. The molecule has 1 amide bonds. The first-order chi connectivity index (χ1) is 10.1. The van der Waals surface area contributed by atoms with Gasteiger partial charge in [0.05, 0.1) is 5.54 Å². The zero-order valence-corrected chi connectivity index (χ0v) is 13.9. The molecular weight excluding hydrogens is 262 g/mol. The van der Waals surface area contributed by atoms with Crippen LogP contribution in [0.1, 0.15) is 65.2 Å². The van der Waals surface area contributed by atoms with E-state index in [1.165, 1.54) is 45.1 Å². The van der Waals surface area contributed by atoms with Gasteiger partial charge in [-0.2, -0.15) is 0 Å². The van der Waals surface area contributed by atoms with E-state index in [0.717, 1.165) is 37.9 Å². The maximum atomic E-state index is 11.7. The summed E-state index contributed by atoms with van der Waals surface area (Å²) in [6.07, 6.45) is 10.3. The molecule has 4 heteroatoms. The molecular formula is C17H33N3O. The molecule has 0 bridgehead atoms. The first-order valence-corrected chi connectivity index (χ1v) is 8.86. The van der Waals surface area contributed by atoms with Crippen molar-refractivity contribution in [2.24, 2.45) is 11.7 Å². The van der Waals surface area contributed by atoms with E-state index in [1.807, 2.05) is 13.8 Å². The van der Waals surface area contributed by atoms with Crippen molar-refractivity contribution in [1.29, 1.82) is 0 Å². The third kappa shape index (κ3) is 4.19. The number of nitrogens with two attached hydrogens (primary N) is 1. The van der Waals surface area contributed by atoms with Gasteiger partial charge in [-0.3, -0.25) is 4.79 Å². The van der Waals surface area contributed by atoms with Gasteiger partial charge in [0.2, 0.25) is 5.91 Å². The number of carbonyl (C=O) groups excluding carboxylic acids is 1. The van der Waals surface area contributed by atoms with Crippen molar-refractivity contribution < 1.29 is 4.79 Å². The lowest BCUT2D eigenvalue weighted by Gasteiger charge is -2.44. The predicted octanol–water partition coefficient (Wildman–Crippen LogP) is 2.27. The van der Waals surface area contributed by atoms with Crippen molar-refractivity contribution in [1.82, 2.24) is 10.2 Å². The van der Waals surface area contributed by atoms with Gasteiger partial charge in [0.15, 0.2) is 0 Å². The van der Waals surface area contributed by atoms with E-state index in [0.29, 0.717) is 0 Å². The summed E-state index contributed by atoms with van der Waals surface area (Å²) < 4.78 is 0. The standard InChI is InChI=1S/C17H33N3O/c1-3-19-17(2,16(18)21)11-7-13-20-12-6-9-14-8-4-5-10-15(14)20/h14-15,19H,3-13H2,1-2H3,(H2,18,21). The summed E-state index contributed by atoms with van der Waals surface area (Å²) in [7, 11) is 0. The van der Waals surface area contributed by atoms with Crippen LogP contribution in [-0.2, 0) is 4.79 Å². The number of amides is 1. The zero-order valence-electron chi connectivity index (χ0n) is 13.9. The fourth-order valence-electron chi connectivity index (χ4n) is 4.33. The molecule has 2 rings (SSSR count). The van der Waals surface area contributed by atoms with E-state index < -0.39 is 5.54 Å². The smallest absolute Gasteiger partial charge is 0.237 e. The summed E-state index contributed by atoms with van der Waals surface area (Å²) in [4.78, 5) is 14.4. The second kappa shape index (κ2) is 7.59. The van der Waals surface area contributed by atoms with Crippen molar-refractivity contribution in [2.75, 3.05) is 19.6 Å². The maximum Gasteiger partial charge on any atom is 0.237 e. The lowest BCUT2D eigenvalue weighted by atomic mass is 9.78. The molecule has 0 aromatic rings. The molecule has 1 saturated carbocycles. The van der Waals surface area contributed by atoms with Crippen molar-refractivity contribution >= 4 is 5.91 Å². The Balaban J connectivity index is 1.82. The highest BCUT2D eigenvalue weighted by Gasteiger charge is 2.34. The summed E-state index contributed by atoms with van der Waals surface area (Å²) >= 11 is 0. The number of hydrogen-bond acceptors (Lipinski definition) is 3. The van der Waals surface area contributed by atoms with Gasteiger partial charge in [-0.1, -0.05) is 19.8 Å². The molecule has 2 aliphatic rings. The Morgan fingerprint density at radius 1 is 1.29 bits per heavy atom. The number of likely N-dealkylation sites (N-methyl/N-ethyl adjacent to an activating group) is 1. The van der Waals surface area contributed by atoms with E-state index in [9.17, 15) is 4.79 Å². The quantitative estimate of drug-likeness (QED) is 0.757. The topological polar surface area (TPSA) is 58.4 Å². The molecule has 0 aromatic heterocycles. The Labute approximate surface area is 129 Å². The van der Waals surface area contributed by atoms with E-state index >= 15 is 0 Å². The Bertz CT molecular complexity index is 345. The number of carbonyl (C=O) groups is 1. The van der Waals surface area contributed by atoms with Gasteiger partial charge in [0.25, 0.3) is 0 Å². The fourth-order valence-corrected chi connectivity index (χ4v) is 4.33. The second-order valence-electron chi connectivity index (χ2n) is 7.12. The van der Waals surface area contributed by atoms with Gasteiger partial charge in [-0.25, -0.2) is 0 Å². The largest absolute Gasteiger partial charge is 0.368 e. The SMILES string of the molecule is CCNC(C)(CCCN1CCCC2CCCCC21)C(N)=O. The van der Waals surface area contributed by atoms with Crippen LogP contribution in [0.25, 0.3) is 0 Å². The number of nitrogens with zero attached hydrogens (tertiary/aromatic N) is 1. The van der Waals surface area contributed by atoms with Gasteiger partial charge in [0, 0.05) is 6.04 Å². The molecule has 3 unspecified atom stereocenters. The third-order valence-electron chi connectivity index (χ3n) is 5.59. The average molecular weight is 295 g/mol. The van der Waals surface area contributed by atoms with Crippen LogP contribution in [-0.4, -0.2) is 42.0 Å². The molecule has 1 saturated heterocycles. The van der Waals surface area contributed by atoms with Crippen molar-refractivity contribution in [3.63, 3.8) is 0 Å². The van der Waals surface area contributed by atoms with Crippen molar-refractivity contribution in [3.8, 4) is 0 Å². The molecule has 3 atom stereocenters. The Morgan fingerprint density at radius 2 is 2.00 bits per heavy atom. The number of likely N-dealkylation sites (tertiary alicyclic amines) is 1. The summed E-state index contributed by atoms with van der Waals surface area (Å²) in [6, 6.07) is 0.812. The number of hydrogen-bond donors (Lipinski definition) is 2. The summed E-state index contributed by atoms with van der Waals surface area (Å²) in [5, 5.41) is 3.26. The van der Waals surface area contributed by atoms with Crippen LogP contribution in [0.3, 0.4) is 0 Å². The van der Waals surface area contributed by atoms with Gasteiger partial charge >= 0.3 is 0 Å². The van der Waals surface area contributed by atoms with Gasteiger partial charge in [0.1, 0.15) is 0 Å². The first-order valence-electron chi connectivity index (χ1n) is 8.86. The normalized spacial score (nSPS) is 29.6. The Kier molecular flexibility index (Phi) is 6.06. The lowest BCUT2D eigenvalue weighted by Crippen LogP contribution is -2.53. The highest BCUT2D eigenvalue weighted by molar-refractivity contribution is 5.84. The van der Waals surface area contributed by atoms with Crippen LogP contribution in [0.2, 0.25) is 0 Å². The van der Waals surface area contributed by atoms with Crippen LogP contribution in [0, 0.1) is 5.92 Å². The lowest BCUT2D eigenvalue weighted by molar-refractivity contribution is -0.124. The number of piperidine rings is 1. The predicted molar refractivity (Wildman–Crippen MR) is 87.1 cm³/mol. The van der Waals surface area contributed by atoms with Gasteiger partial charge in [-0.15, -0.1) is 0 Å². The molecule has 21 heavy (non-hydrogen) atoms. The van der Waals surface area contributed by atoms with Crippen molar-refractivity contribution in [2.45, 2.75) is 76.8 Å². The Hall–Kier alpha value is -0.610. The molecule has 3 N–H and O–H groups in total. The monoisotopic (exact) mass is 295 g/mol. The second-order valence-corrected chi connectivity index (χ2v) is 7.12. The first kappa shape index (κ1) is 16.8. The minimum absolute atomic E-state index is 0.224.